The van der Waals surface area contributed by atoms with E-state index in [-0.39, 0.29) is 0 Å². The standard InChI is InChI=1S/C11H23N5O2/c1-3-15-5-7-16(8-6-15)11(14-10(12)17)13-4-9-18-2/h3-9H2,1-2H3,(H3,12,13,14,17). The highest BCUT2D eigenvalue weighted by atomic mass is 16.5. The molecule has 0 aromatic heterocycles. The van der Waals surface area contributed by atoms with Crippen LogP contribution in [0.3, 0.4) is 0 Å². The number of carbonyl (C=O) groups excluding carboxylic acids is 1. The fraction of sp³-hybridized carbons (Fsp3) is 0.818. The number of likely N-dealkylation sites (N-methyl/N-ethyl adjacent to an activating group) is 1. The molecule has 7 nitrogen and oxygen atoms in total. The lowest BCUT2D eigenvalue weighted by atomic mass is 10.3. The number of piperazine rings is 1. The zero-order valence-electron chi connectivity index (χ0n) is 11.2. The highest BCUT2D eigenvalue weighted by Gasteiger charge is 2.19. The molecule has 1 heterocycles. The zero-order chi connectivity index (χ0) is 13.4. The van der Waals surface area contributed by atoms with Crippen LogP contribution in [0, 0.1) is 0 Å². The number of guanidine groups is 1. The summed E-state index contributed by atoms with van der Waals surface area (Å²) in [6.45, 7) is 7.87. The van der Waals surface area contributed by atoms with Crippen LogP contribution in [-0.2, 0) is 4.74 Å². The van der Waals surface area contributed by atoms with E-state index in [1.54, 1.807) is 7.11 Å². The van der Waals surface area contributed by atoms with Crippen molar-refractivity contribution in [1.82, 2.24) is 15.1 Å². The van der Waals surface area contributed by atoms with Crippen molar-refractivity contribution < 1.29 is 9.53 Å². The van der Waals surface area contributed by atoms with Gasteiger partial charge in [0, 0.05) is 33.3 Å². The van der Waals surface area contributed by atoms with Gasteiger partial charge >= 0.3 is 6.03 Å². The summed E-state index contributed by atoms with van der Waals surface area (Å²) >= 11 is 0. The Balaban J connectivity index is 2.54. The molecule has 0 aliphatic carbocycles. The number of methoxy groups -OCH3 is 1. The van der Waals surface area contributed by atoms with Crippen molar-refractivity contribution in [2.75, 3.05) is 53.0 Å². The van der Waals surface area contributed by atoms with Gasteiger partial charge in [0.05, 0.1) is 13.2 Å². The topological polar surface area (TPSA) is 83.2 Å². The Labute approximate surface area is 108 Å². The van der Waals surface area contributed by atoms with Crippen LogP contribution in [0.4, 0.5) is 4.79 Å². The van der Waals surface area contributed by atoms with Crippen molar-refractivity contribution in [2.45, 2.75) is 6.92 Å². The molecule has 1 rings (SSSR count). The summed E-state index contributed by atoms with van der Waals surface area (Å²) in [4.78, 5) is 19.7. The summed E-state index contributed by atoms with van der Waals surface area (Å²) in [5.74, 6) is 0.551. The molecule has 0 spiro atoms. The summed E-state index contributed by atoms with van der Waals surface area (Å²) in [6.07, 6.45) is 0. The Bertz CT molecular complexity index is 287. The number of amides is 2. The first kappa shape index (κ1) is 14.7. The van der Waals surface area contributed by atoms with Gasteiger partial charge in [0.25, 0.3) is 0 Å². The van der Waals surface area contributed by atoms with Gasteiger partial charge in [-0.05, 0) is 6.54 Å². The Hall–Kier alpha value is -1.34. The predicted molar refractivity (Wildman–Crippen MR) is 70.6 cm³/mol. The van der Waals surface area contributed by atoms with Crippen LogP contribution in [0.1, 0.15) is 6.92 Å². The number of carbonyl (C=O) groups is 1. The molecule has 1 aliphatic heterocycles. The first-order chi connectivity index (χ1) is 8.67. The average Bonchev–Trinajstić information content (AvgIpc) is 2.37. The Morgan fingerprint density at radius 2 is 2.06 bits per heavy atom. The van der Waals surface area contributed by atoms with Gasteiger partial charge in [0.15, 0.2) is 0 Å². The van der Waals surface area contributed by atoms with E-state index in [2.05, 4.69) is 22.1 Å². The molecule has 0 unspecified atom stereocenters. The molecule has 18 heavy (non-hydrogen) atoms. The van der Waals surface area contributed by atoms with Gasteiger partial charge in [-0.15, -0.1) is 0 Å². The summed E-state index contributed by atoms with van der Waals surface area (Å²) < 4.78 is 4.94. The van der Waals surface area contributed by atoms with E-state index >= 15 is 0 Å². The third-order valence-corrected chi connectivity index (χ3v) is 2.91. The van der Waals surface area contributed by atoms with Gasteiger partial charge in [-0.1, -0.05) is 6.92 Å². The lowest BCUT2D eigenvalue weighted by molar-refractivity contribution is 0.184. The normalized spacial score (nSPS) is 17.9. The number of nitrogens with one attached hydrogen (secondary N) is 1. The molecular weight excluding hydrogens is 234 g/mol. The number of ether oxygens (including phenoxy) is 1. The zero-order valence-corrected chi connectivity index (χ0v) is 11.2. The van der Waals surface area contributed by atoms with Crippen LogP contribution in [0.2, 0.25) is 0 Å². The molecule has 7 heteroatoms. The van der Waals surface area contributed by atoms with Crippen molar-refractivity contribution in [3.63, 3.8) is 0 Å². The molecule has 1 saturated heterocycles. The third kappa shape index (κ3) is 4.89. The first-order valence-electron chi connectivity index (χ1n) is 6.24. The van der Waals surface area contributed by atoms with Gasteiger partial charge < -0.3 is 20.3 Å². The second-order valence-electron chi connectivity index (χ2n) is 4.11. The number of nitrogens with zero attached hydrogens (tertiary/aromatic N) is 3. The Morgan fingerprint density at radius 1 is 1.39 bits per heavy atom. The van der Waals surface area contributed by atoms with E-state index in [1.165, 1.54) is 0 Å². The smallest absolute Gasteiger partial charge is 0.318 e. The maximum Gasteiger partial charge on any atom is 0.318 e. The SMILES string of the molecule is CCN1CCN(C(=NCCOC)NC(N)=O)CC1. The Morgan fingerprint density at radius 3 is 2.56 bits per heavy atom. The molecule has 3 N–H and O–H groups in total. The van der Waals surface area contributed by atoms with Crippen molar-refractivity contribution in [2.24, 2.45) is 10.7 Å². The summed E-state index contributed by atoms with van der Waals surface area (Å²) in [5, 5.41) is 2.58. The predicted octanol–water partition coefficient (Wildman–Crippen LogP) is -0.705. The minimum atomic E-state index is -0.580. The van der Waals surface area contributed by atoms with Crippen molar-refractivity contribution in [3.05, 3.63) is 0 Å². The van der Waals surface area contributed by atoms with Gasteiger partial charge in [-0.2, -0.15) is 0 Å². The van der Waals surface area contributed by atoms with Crippen LogP contribution in [0.25, 0.3) is 0 Å². The molecule has 0 aromatic rings. The van der Waals surface area contributed by atoms with Crippen molar-refractivity contribution in [3.8, 4) is 0 Å². The molecule has 104 valence electrons. The second-order valence-corrected chi connectivity index (χ2v) is 4.11. The van der Waals surface area contributed by atoms with Crippen molar-refractivity contribution in [1.29, 1.82) is 0 Å². The number of nitrogens with two attached hydrogens (primary N) is 1. The van der Waals surface area contributed by atoms with Gasteiger partial charge in [-0.25, -0.2) is 4.79 Å². The lowest BCUT2D eigenvalue weighted by Crippen LogP contribution is -2.54. The lowest BCUT2D eigenvalue weighted by Gasteiger charge is -2.35. The number of urea groups is 1. The number of hydrogen-bond donors (Lipinski definition) is 2. The fourth-order valence-corrected chi connectivity index (χ4v) is 1.85. The van der Waals surface area contributed by atoms with E-state index in [4.69, 9.17) is 10.5 Å². The van der Waals surface area contributed by atoms with Crippen LogP contribution in [0.5, 0.6) is 0 Å². The maximum absolute atomic E-state index is 11.0. The second kappa shape index (κ2) is 7.88. The summed E-state index contributed by atoms with van der Waals surface area (Å²) in [6, 6.07) is -0.580. The number of rotatable bonds is 4. The molecule has 0 saturated carbocycles. The van der Waals surface area contributed by atoms with E-state index in [9.17, 15) is 4.79 Å². The van der Waals surface area contributed by atoms with Crippen LogP contribution in [0.15, 0.2) is 4.99 Å². The van der Waals surface area contributed by atoms with E-state index in [0.717, 1.165) is 32.7 Å². The molecule has 0 bridgehead atoms. The molecule has 1 fully saturated rings. The van der Waals surface area contributed by atoms with Gasteiger partial charge in [0.2, 0.25) is 5.96 Å². The molecule has 2 amide bonds. The minimum absolute atomic E-state index is 0.514. The van der Waals surface area contributed by atoms with Crippen molar-refractivity contribution >= 4 is 12.0 Å². The summed E-state index contributed by atoms with van der Waals surface area (Å²) in [5.41, 5.74) is 5.16. The maximum atomic E-state index is 11.0. The number of hydrogen-bond acceptors (Lipinski definition) is 4. The highest BCUT2D eigenvalue weighted by molar-refractivity contribution is 5.95. The fourth-order valence-electron chi connectivity index (χ4n) is 1.85. The molecule has 0 aromatic carbocycles. The Kier molecular flexibility index (Phi) is 6.45. The van der Waals surface area contributed by atoms with Crippen LogP contribution in [-0.4, -0.2) is 74.8 Å². The quantitative estimate of drug-likeness (QED) is 0.396. The molecule has 0 atom stereocenters. The monoisotopic (exact) mass is 257 g/mol. The molecular formula is C11H23N5O2. The third-order valence-electron chi connectivity index (χ3n) is 2.91. The first-order valence-corrected chi connectivity index (χ1v) is 6.24. The molecule has 0 radical (unpaired) electrons. The average molecular weight is 257 g/mol. The van der Waals surface area contributed by atoms with E-state index in [0.29, 0.717) is 19.1 Å². The molecule has 1 aliphatic rings. The van der Waals surface area contributed by atoms with Gasteiger partial charge in [-0.3, -0.25) is 10.3 Å². The van der Waals surface area contributed by atoms with Gasteiger partial charge in [0.1, 0.15) is 0 Å². The van der Waals surface area contributed by atoms with Crippen LogP contribution < -0.4 is 11.1 Å². The van der Waals surface area contributed by atoms with E-state index < -0.39 is 6.03 Å². The number of aliphatic imine (C=N–C) groups is 1. The number of primary amides is 1. The largest absolute Gasteiger partial charge is 0.383 e. The summed E-state index contributed by atoms with van der Waals surface area (Å²) in [7, 11) is 1.62. The van der Waals surface area contributed by atoms with Crippen LogP contribution >= 0.6 is 0 Å². The van der Waals surface area contributed by atoms with E-state index in [1.807, 2.05) is 4.90 Å². The minimum Gasteiger partial charge on any atom is -0.383 e. The highest BCUT2D eigenvalue weighted by Crippen LogP contribution is 2.01.